The van der Waals surface area contributed by atoms with Gasteiger partial charge in [0.15, 0.2) is 3.61 Å². The average molecular weight is 633 g/mol. The Hall–Kier alpha value is 0.330. The molecule has 0 heterocycles. The summed E-state index contributed by atoms with van der Waals surface area (Å²) in [7, 11) is 0. The van der Waals surface area contributed by atoms with E-state index in [0.29, 0.717) is 7.16 Å². The average Bonchev–Trinajstić information content (AvgIpc) is 2.34. The van der Waals surface area contributed by atoms with E-state index in [2.05, 4.69) is 5.32 Å². The van der Waals surface area contributed by atoms with Crippen molar-refractivity contribution in [2.24, 2.45) is 17.4 Å². The second-order valence-electron chi connectivity index (χ2n) is 4.51. The number of allylic oxidation sites excluding steroid dienone is 1. The van der Waals surface area contributed by atoms with Gasteiger partial charge in [0, 0.05) is 13.2 Å². The number of aliphatic hydroxyl groups is 2. The normalized spacial score (nSPS) is 27.6. The number of rotatable bonds is 4. The molecular weight excluding hydrogens is 619 g/mol. The van der Waals surface area contributed by atoms with E-state index in [4.69, 9.17) is 16.6 Å². The van der Waals surface area contributed by atoms with Gasteiger partial charge < -0.3 is 27.0 Å². The number of primary amides is 1. The van der Waals surface area contributed by atoms with Gasteiger partial charge in [0.05, 0.1) is 17.9 Å². The van der Waals surface area contributed by atoms with Gasteiger partial charge in [-0.15, -0.1) is 0 Å². The van der Waals surface area contributed by atoms with Gasteiger partial charge >= 0.3 is 0 Å². The zero-order chi connectivity index (χ0) is 16.5. The highest BCUT2D eigenvalue weighted by Crippen LogP contribution is 2.48. The minimum atomic E-state index is -1.81. The Balaban J connectivity index is 3.35. The number of hydrogen-bond acceptors (Lipinski definition) is 5. The second-order valence-corrected chi connectivity index (χ2v) is 8.40. The minimum absolute atomic E-state index is 0.0987. The lowest BCUT2D eigenvalue weighted by Crippen LogP contribution is -2.51. The van der Waals surface area contributed by atoms with E-state index in [0.717, 1.165) is 0 Å². The fraction of sp³-hybridized carbons (Fsp3) is 0.455. The first-order valence-corrected chi connectivity index (χ1v) is 8.97. The molecule has 0 spiro atoms. The van der Waals surface area contributed by atoms with Gasteiger partial charge in [0.1, 0.15) is 5.92 Å². The van der Waals surface area contributed by atoms with Gasteiger partial charge in [-0.3, -0.25) is 9.59 Å². The maximum absolute atomic E-state index is 12.4. The quantitative estimate of drug-likeness (QED) is 0.220. The summed E-state index contributed by atoms with van der Waals surface area (Å²) < 4.78 is -1.05. The molecular formula is C11H14I3N3O4. The highest BCUT2D eigenvalue weighted by molar-refractivity contribution is 14.1. The minimum Gasteiger partial charge on any atom is -0.397 e. The summed E-state index contributed by atoms with van der Waals surface area (Å²) in [6, 6.07) is -0.489. The molecule has 1 aliphatic carbocycles. The van der Waals surface area contributed by atoms with E-state index < -0.39 is 27.4 Å². The Bertz CT molecular complexity index is 545. The van der Waals surface area contributed by atoms with Crippen LogP contribution in [-0.2, 0) is 9.59 Å². The Labute approximate surface area is 162 Å². The fourth-order valence-corrected chi connectivity index (χ4v) is 6.53. The van der Waals surface area contributed by atoms with Crippen LogP contribution in [0.25, 0.3) is 0 Å². The first-order chi connectivity index (χ1) is 9.55. The molecule has 3 atom stereocenters. The Kier molecular flexibility index (Phi) is 6.71. The third-order valence-corrected chi connectivity index (χ3v) is 6.36. The SMILES string of the molecule is CC(CO)NC(=O)C1C(I)=C(N)C(I)=C(C(N)=O)C1(O)I. The molecule has 0 bridgehead atoms. The standard InChI is InChI=1S/C11H14I3N3O4/c1-3(2-18)17-10(20)5-7(13)8(15)6(12)4(9(16)19)11(5,14)21/h3,5,18,21H,2,15H2,1H3,(H2,16,19)(H,17,20). The van der Waals surface area contributed by atoms with Crippen LogP contribution in [0.5, 0.6) is 0 Å². The van der Waals surface area contributed by atoms with Crippen molar-refractivity contribution in [2.75, 3.05) is 6.61 Å². The number of amides is 2. The molecule has 10 heteroatoms. The van der Waals surface area contributed by atoms with Crippen LogP contribution >= 0.6 is 67.8 Å². The Morgan fingerprint density at radius 2 is 2.00 bits per heavy atom. The van der Waals surface area contributed by atoms with Crippen molar-refractivity contribution in [3.8, 4) is 0 Å². The summed E-state index contributed by atoms with van der Waals surface area (Å²) >= 11 is 5.31. The van der Waals surface area contributed by atoms with Crippen molar-refractivity contribution in [2.45, 2.75) is 16.6 Å². The van der Waals surface area contributed by atoms with Gasteiger partial charge in [-0.25, -0.2) is 0 Å². The zero-order valence-electron chi connectivity index (χ0n) is 10.9. The fourth-order valence-electron chi connectivity index (χ4n) is 1.80. The molecule has 1 aliphatic rings. The number of alkyl halides is 1. The van der Waals surface area contributed by atoms with Gasteiger partial charge in [-0.05, 0) is 74.7 Å². The summed E-state index contributed by atoms with van der Waals surface area (Å²) in [5.41, 5.74) is 11.4. The van der Waals surface area contributed by atoms with Crippen molar-refractivity contribution >= 4 is 79.6 Å². The second kappa shape index (κ2) is 7.27. The number of hydrogen-bond donors (Lipinski definition) is 5. The van der Waals surface area contributed by atoms with Crippen LogP contribution in [0.2, 0.25) is 0 Å². The van der Waals surface area contributed by atoms with Gasteiger partial charge in [0.25, 0.3) is 0 Å². The van der Waals surface area contributed by atoms with Crippen LogP contribution in [0.15, 0.2) is 18.4 Å². The van der Waals surface area contributed by atoms with E-state index in [1.54, 1.807) is 29.5 Å². The highest BCUT2D eigenvalue weighted by Gasteiger charge is 2.51. The first kappa shape index (κ1) is 19.4. The molecule has 0 aromatic rings. The molecule has 2 amide bonds. The molecule has 0 aliphatic heterocycles. The summed E-state index contributed by atoms with van der Waals surface area (Å²) in [6.07, 6.45) is 0. The number of nitrogens with one attached hydrogen (secondary N) is 1. The number of halogens is 3. The molecule has 0 fully saturated rings. The van der Waals surface area contributed by atoms with Crippen molar-refractivity contribution in [3.63, 3.8) is 0 Å². The molecule has 7 N–H and O–H groups in total. The molecule has 0 saturated carbocycles. The Morgan fingerprint density at radius 3 is 2.43 bits per heavy atom. The van der Waals surface area contributed by atoms with Gasteiger partial charge in [-0.1, -0.05) is 0 Å². The summed E-state index contributed by atoms with van der Waals surface area (Å²) in [5.74, 6) is -2.45. The summed E-state index contributed by atoms with van der Waals surface area (Å²) in [5, 5.41) is 22.2. The van der Waals surface area contributed by atoms with E-state index in [1.165, 1.54) is 0 Å². The van der Waals surface area contributed by atoms with Gasteiger partial charge in [0.2, 0.25) is 11.8 Å². The highest BCUT2D eigenvalue weighted by atomic mass is 127. The molecule has 21 heavy (non-hydrogen) atoms. The van der Waals surface area contributed by atoms with E-state index in [9.17, 15) is 14.7 Å². The van der Waals surface area contributed by atoms with E-state index in [1.807, 2.05) is 45.2 Å². The van der Waals surface area contributed by atoms with Crippen molar-refractivity contribution in [1.82, 2.24) is 5.32 Å². The predicted octanol–water partition coefficient (Wildman–Crippen LogP) is 0.0165. The molecule has 0 saturated heterocycles. The lowest BCUT2D eigenvalue weighted by Gasteiger charge is -2.36. The maximum atomic E-state index is 12.4. The lowest BCUT2D eigenvalue weighted by molar-refractivity contribution is -0.127. The smallest absolute Gasteiger partial charge is 0.249 e. The summed E-state index contributed by atoms with van der Waals surface area (Å²) in [6.45, 7) is 1.37. The molecule has 1 rings (SSSR count). The van der Waals surface area contributed by atoms with E-state index >= 15 is 0 Å². The lowest BCUT2D eigenvalue weighted by atomic mass is 9.88. The Morgan fingerprint density at radius 1 is 1.48 bits per heavy atom. The van der Waals surface area contributed by atoms with Crippen LogP contribution in [0.4, 0.5) is 0 Å². The van der Waals surface area contributed by atoms with Crippen LogP contribution in [0.3, 0.4) is 0 Å². The van der Waals surface area contributed by atoms with Gasteiger partial charge in [-0.2, -0.15) is 0 Å². The van der Waals surface area contributed by atoms with Crippen LogP contribution in [0, 0.1) is 5.92 Å². The third-order valence-electron chi connectivity index (χ3n) is 2.87. The van der Waals surface area contributed by atoms with Crippen molar-refractivity contribution < 1.29 is 19.8 Å². The zero-order valence-corrected chi connectivity index (χ0v) is 17.3. The molecule has 0 radical (unpaired) electrons. The number of aliphatic hydroxyl groups excluding tert-OH is 1. The van der Waals surface area contributed by atoms with Crippen LogP contribution < -0.4 is 16.8 Å². The van der Waals surface area contributed by atoms with Crippen LogP contribution in [0.1, 0.15) is 6.92 Å². The summed E-state index contributed by atoms with van der Waals surface area (Å²) in [4.78, 5) is 24.0. The van der Waals surface area contributed by atoms with Crippen molar-refractivity contribution in [1.29, 1.82) is 0 Å². The monoisotopic (exact) mass is 633 g/mol. The predicted molar refractivity (Wildman–Crippen MR) is 103 cm³/mol. The number of carbonyl (C=O) groups excluding carboxylic acids is 2. The first-order valence-electron chi connectivity index (χ1n) is 5.73. The number of nitrogens with two attached hydrogens (primary N) is 2. The molecule has 0 aromatic heterocycles. The third kappa shape index (κ3) is 3.81. The van der Waals surface area contributed by atoms with Crippen LogP contribution in [-0.4, -0.2) is 38.3 Å². The molecule has 3 unspecified atom stereocenters. The molecule has 0 aromatic carbocycles. The largest absolute Gasteiger partial charge is 0.397 e. The van der Waals surface area contributed by atoms with E-state index in [-0.39, 0.29) is 17.9 Å². The topological polar surface area (TPSA) is 139 Å². The number of carbonyl (C=O) groups is 2. The molecule has 118 valence electrons. The molecule has 7 nitrogen and oxygen atoms in total. The maximum Gasteiger partial charge on any atom is 0.249 e. The van der Waals surface area contributed by atoms with Crippen molar-refractivity contribution in [3.05, 3.63) is 18.4 Å².